The normalized spacial score (nSPS) is 12.8. The second kappa shape index (κ2) is 9.17. The SMILES string of the molecule is COc1ccc(C(O)C(CO)Oc2c(OC)cccc2OC)cc1OC. The molecule has 0 aliphatic carbocycles. The fraction of sp³-hybridized carbons (Fsp3) is 0.368. The molecule has 2 N–H and O–H groups in total. The summed E-state index contributed by atoms with van der Waals surface area (Å²) < 4.78 is 26.8. The third kappa shape index (κ3) is 4.12. The Morgan fingerprint density at radius 2 is 1.38 bits per heavy atom. The topological polar surface area (TPSA) is 86.6 Å². The van der Waals surface area contributed by atoms with Crippen LogP contribution in [0, 0.1) is 0 Å². The van der Waals surface area contributed by atoms with Gasteiger partial charge in [-0.1, -0.05) is 12.1 Å². The number of para-hydroxylation sites is 1. The van der Waals surface area contributed by atoms with Crippen molar-refractivity contribution in [2.24, 2.45) is 0 Å². The summed E-state index contributed by atoms with van der Waals surface area (Å²) in [6, 6.07) is 10.1. The first kappa shape index (κ1) is 19.7. The third-order valence-corrected chi connectivity index (χ3v) is 3.93. The van der Waals surface area contributed by atoms with E-state index in [9.17, 15) is 10.2 Å². The Morgan fingerprint density at radius 3 is 1.88 bits per heavy atom. The monoisotopic (exact) mass is 364 g/mol. The van der Waals surface area contributed by atoms with Crippen LogP contribution in [0.4, 0.5) is 0 Å². The van der Waals surface area contributed by atoms with E-state index in [4.69, 9.17) is 23.7 Å². The molecule has 2 atom stereocenters. The average Bonchev–Trinajstić information content (AvgIpc) is 2.70. The molecule has 0 heterocycles. The van der Waals surface area contributed by atoms with Crippen molar-refractivity contribution in [2.75, 3.05) is 35.0 Å². The molecule has 26 heavy (non-hydrogen) atoms. The number of methoxy groups -OCH3 is 4. The van der Waals surface area contributed by atoms with E-state index in [0.717, 1.165) is 0 Å². The minimum absolute atomic E-state index is 0.302. The van der Waals surface area contributed by atoms with Crippen molar-refractivity contribution < 1.29 is 33.9 Å². The van der Waals surface area contributed by atoms with Gasteiger partial charge in [0.1, 0.15) is 6.10 Å². The Hall–Kier alpha value is -2.64. The molecular formula is C19H24O7. The first-order valence-corrected chi connectivity index (χ1v) is 7.98. The van der Waals surface area contributed by atoms with Crippen molar-refractivity contribution in [3.05, 3.63) is 42.0 Å². The lowest BCUT2D eigenvalue weighted by Crippen LogP contribution is -2.29. The highest BCUT2D eigenvalue weighted by Crippen LogP contribution is 2.39. The minimum Gasteiger partial charge on any atom is -0.493 e. The second-order valence-electron chi connectivity index (χ2n) is 5.39. The number of hydrogen-bond acceptors (Lipinski definition) is 7. The molecule has 0 aliphatic heterocycles. The fourth-order valence-electron chi connectivity index (χ4n) is 2.54. The molecule has 142 valence electrons. The molecule has 7 heteroatoms. The van der Waals surface area contributed by atoms with Gasteiger partial charge in [0.05, 0.1) is 35.0 Å². The van der Waals surface area contributed by atoms with E-state index in [1.807, 2.05) is 0 Å². The van der Waals surface area contributed by atoms with Gasteiger partial charge in [-0.2, -0.15) is 0 Å². The van der Waals surface area contributed by atoms with Gasteiger partial charge in [-0.25, -0.2) is 0 Å². The van der Waals surface area contributed by atoms with Crippen LogP contribution in [0.1, 0.15) is 11.7 Å². The van der Waals surface area contributed by atoms with Crippen LogP contribution in [0.25, 0.3) is 0 Å². The summed E-state index contributed by atoms with van der Waals surface area (Å²) in [4.78, 5) is 0. The van der Waals surface area contributed by atoms with Crippen molar-refractivity contribution in [1.82, 2.24) is 0 Å². The highest BCUT2D eigenvalue weighted by Gasteiger charge is 2.26. The molecule has 0 saturated heterocycles. The molecule has 2 unspecified atom stereocenters. The van der Waals surface area contributed by atoms with Gasteiger partial charge in [0.25, 0.3) is 0 Å². The van der Waals surface area contributed by atoms with Crippen LogP contribution in [0.5, 0.6) is 28.7 Å². The molecule has 2 aromatic rings. The van der Waals surface area contributed by atoms with Gasteiger partial charge in [0.15, 0.2) is 29.1 Å². The van der Waals surface area contributed by atoms with Gasteiger partial charge in [0.2, 0.25) is 5.75 Å². The van der Waals surface area contributed by atoms with Crippen molar-refractivity contribution >= 4 is 0 Å². The maximum Gasteiger partial charge on any atom is 0.203 e. The average molecular weight is 364 g/mol. The van der Waals surface area contributed by atoms with E-state index in [1.54, 1.807) is 36.4 Å². The van der Waals surface area contributed by atoms with Crippen LogP contribution in [0.15, 0.2) is 36.4 Å². The lowest BCUT2D eigenvalue weighted by Gasteiger charge is -2.25. The van der Waals surface area contributed by atoms with E-state index in [1.165, 1.54) is 28.4 Å². The largest absolute Gasteiger partial charge is 0.493 e. The van der Waals surface area contributed by atoms with Gasteiger partial charge >= 0.3 is 0 Å². The van der Waals surface area contributed by atoms with Crippen molar-refractivity contribution in [3.8, 4) is 28.7 Å². The van der Waals surface area contributed by atoms with E-state index in [2.05, 4.69) is 0 Å². The van der Waals surface area contributed by atoms with Crippen LogP contribution >= 0.6 is 0 Å². The number of rotatable bonds is 9. The van der Waals surface area contributed by atoms with Crippen molar-refractivity contribution in [3.63, 3.8) is 0 Å². The summed E-state index contributed by atoms with van der Waals surface area (Å²) in [5.41, 5.74) is 0.510. The molecule has 0 fully saturated rings. The van der Waals surface area contributed by atoms with E-state index in [-0.39, 0.29) is 0 Å². The van der Waals surface area contributed by atoms with Gasteiger partial charge in [-0.3, -0.25) is 0 Å². The molecular weight excluding hydrogens is 340 g/mol. The number of hydrogen-bond donors (Lipinski definition) is 2. The van der Waals surface area contributed by atoms with Crippen LogP contribution < -0.4 is 23.7 Å². The standard InChI is InChI=1S/C19H24O7/c1-22-13-9-8-12(10-16(13)25-4)18(21)17(11-20)26-19-14(23-2)6-5-7-15(19)24-3/h5-10,17-18,20-21H,11H2,1-4H3. The Morgan fingerprint density at radius 1 is 0.808 bits per heavy atom. The van der Waals surface area contributed by atoms with Crippen LogP contribution in [0.3, 0.4) is 0 Å². The summed E-state index contributed by atoms with van der Waals surface area (Å²) in [7, 11) is 6.04. The first-order valence-electron chi connectivity index (χ1n) is 7.98. The van der Waals surface area contributed by atoms with Crippen molar-refractivity contribution in [2.45, 2.75) is 12.2 Å². The second-order valence-corrected chi connectivity index (χ2v) is 5.39. The van der Waals surface area contributed by atoms with E-state index >= 15 is 0 Å². The van der Waals surface area contributed by atoms with Crippen LogP contribution in [-0.2, 0) is 0 Å². The van der Waals surface area contributed by atoms with Gasteiger partial charge in [-0.05, 0) is 29.8 Å². The molecule has 0 spiro atoms. The molecule has 7 nitrogen and oxygen atoms in total. The number of ether oxygens (including phenoxy) is 5. The highest BCUT2D eigenvalue weighted by molar-refractivity contribution is 5.51. The number of aliphatic hydroxyl groups is 2. The summed E-state index contributed by atoms with van der Waals surface area (Å²) in [6.07, 6.45) is -2.06. The molecule has 2 rings (SSSR count). The smallest absolute Gasteiger partial charge is 0.203 e. The van der Waals surface area contributed by atoms with Crippen LogP contribution in [-0.4, -0.2) is 51.4 Å². The van der Waals surface area contributed by atoms with Crippen molar-refractivity contribution in [1.29, 1.82) is 0 Å². The Kier molecular flexibility index (Phi) is 6.94. The summed E-state index contributed by atoms with van der Waals surface area (Å²) >= 11 is 0. The number of aliphatic hydroxyl groups excluding tert-OH is 2. The first-order chi connectivity index (χ1) is 12.6. The summed E-state index contributed by atoms with van der Waals surface area (Å²) in [5, 5.41) is 20.4. The Bertz CT molecular complexity index is 695. The molecule has 0 saturated carbocycles. The van der Waals surface area contributed by atoms with E-state index < -0.39 is 18.8 Å². The Labute approximate surface area is 152 Å². The molecule has 0 bridgehead atoms. The summed E-state index contributed by atoms with van der Waals surface area (Å²) in [6.45, 7) is -0.420. The third-order valence-electron chi connectivity index (χ3n) is 3.93. The molecule has 0 aliphatic rings. The maximum absolute atomic E-state index is 10.7. The predicted octanol–water partition coefficient (Wildman–Crippen LogP) is 2.19. The summed E-state index contributed by atoms with van der Waals surface area (Å²) in [5.74, 6) is 2.17. The molecule has 2 aromatic carbocycles. The zero-order valence-corrected chi connectivity index (χ0v) is 15.3. The Balaban J connectivity index is 2.32. The van der Waals surface area contributed by atoms with E-state index in [0.29, 0.717) is 34.3 Å². The highest BCUT2D eigenvalue weighted by atomic mass is 16.6. The fourth-order valence-corrected chi connectivity index (χ4v) is 2.54. The number of benzene rings is 2. The molecule has 0 radical (unpaired) electrons. The predicted molar refractivity (Wildman–Crippen MR) is 95.6 cm³/mol. The minimum atomic E-state index is -1.12. The zero-order chi connectivity index (χ0) is 19.1. The van der Waals surface area contributed by atoms with Crippen LogP contribution in [0.2, 0.25) is 0 Å². The maximum atomic E-state index is 10.7. The molecule has 0 amide bonds. The molecule has 0 aromatic heterocycles. The van der Waals surface area contributed by atoms with Gasteiger partial charge in [-0.15, -0.1) is 0 Å². The lowest BCUT2D eigenvalue weighted by atomic mass is 10.0. The quantitative estimate of drug-likeness (QED) is 0.705. The zero-order valence-electron chi connectivity index (χ0n) is 15.3. The van der Waals surface area contributed by atoms with Gasteiger partial charge in [0, 0.05) is 0 Å². The lowest BCUT2D eigenvalue weighted by molar-refractivity contribution is -0.00174. The van der Waals surface area contributed by atoms with Gasteiger partial charge < -0.3 is 33.9 Å².